The third-order valence-electron chi connectivity index (χ3n) is 3.64. The van der Waals surface area contributed by atoms with Crippen molar-refractivity contribution < 1.29 is 14.3 Å². The summed E-state index contributed by atoms with van der Waals surface area (Å²) >= 11 is 5.81. The first-order valence-electron chi connectivity index (χ1n) is 7.85. The highest BCUT2D eigenvalue weighted by Gasteiger charge is 2.14. The zero-order valence-electron chi connectivity index (χ0n) is 14.1. The van der Waals surface area contributed by atoms with Gasteiger partial charge in [0, 0.05) is 5.02 Å². The van der Waals surface area contributed by atoms with Crippen LogP contribution in [0.25, 0.3) is 0 Å². The summed E-state index contributed by atoms with van der Waals surface area (Å²) in [6, 6.07) is 12.9. The van der Waals surface area contributed by atoms with E-state index in [0.29, 0.717) is 29.7 Å². The van der Waals surface area contributed by atoms with Gasteiger partial charge in [-0.15, -0.1) is 0 Å². The van der Waals surface area contributed by atoms with Crippen molar-refractivity contribution in [3.8, 4) is 11.5 Å². The third kappa shape index (κ3) is 5.46. The van der Waals surface area contributed by atoms with E-state index in [0.717, 1.165) is 5.56 Å². The van der Waals surface area contributed by atoms with Gasteiger partial charge in [-0.25, -0.2) is 0 Å². The molecule has 2 rings (SSSR count). The maximum atomic E-state index is 12.0. The van der Waals surface area contributed by atoms with Gasteiger partial charge in [0.05, 0.1) is 6.54 Å². The first kappa shape index (κ1) is 18.1. The number of nitrogens with one attached hydrogen (secondary N) is 1. The molecule has 1 unspecified atom stereocenters. The number of aryl methyl sites for hydroxylation is 2. The third-order valence-corrected chi connectivity index (χ3v) is 3.90. The molecule has 0 saturated carbocycles. The van der Waals surface area contributed by atoms with Gasteiger partial charge in [-0.2, -0.15) is 0 Å². The molecule has 0 aliphatic carbocycles. The molecule has 0 radical (unpaired) electrons. The van der Waals surface area contributed by atoms with E-state index in [4.69, 9.17) is 21.1 Å². The van der Waals surface area contributed by atoms with Gasteiger partial charge >= 0.3 is 0 Å². The van der Waals surface area contributed by atoms with Crippen molar-refractivity contribution in [2.24, 2.45) is 0 Å². The molecule has 128 valence electrons. The molecule has 2 aromatic carbocycles. The molecule has 24 heavy (non-hydrogen) atoms. The lowest BCUT2D eigenvalue weighted by atomic mass is 10.1. The van der Waals surface area contributed by atoms with E-state index in [1.165, 1.54) is 5.56 Å². The fourth-order valence-electron chi connectivity index (χ4n) is 2.06. The highest BCUT2D eigenvalue weighted by atomic mass is 35.5. The number of amides is 1. The number of hydrogen-bond acceptors (Lipinski definition) is 3. The minimum atomic E-state index is -0.567. The van der Waals surface area contributed by atoms with Gasteiger partial charge < -0.3 is 14.8 Å². The minimum absolute atomic E-state index is 0.173. The predicted octanol–water partition coefficient (Wildman–Crippen LogP) is 3.92. The van der Waals surface area contributed by atoms with Crippen molar-refractivity contribution in [2.75, 3.05) is 13.2 Å². The largest absolute Gasteiger partial charge is 0.492 e. The summed E-state index contributed by atoms with van der Waals surface area (Å²) in [7, 11) is 0. The summed E-state index contributed by atoms with van der Waals surface area (Å²) in [5.41, 5.74) is 2.33. The lowest BCUT2D eigenvalue weighted by Crippen LogP contribution is -2.38. The lowest BCUT2D eigenvalue weighted by molar-refractivity contribution is -0.127. The number of ether oxygens (including phenoxy) is 2. The van der Waals surface area contributed by atoms with E-state index in [1.807, 2.05) is 32.0 Å². The standard InChI is InChI=1S/C19H22ClNO3/c1-13-4-7-18(12-14(13)2)24-15(3)19(22)21-10-11-23-17-8-5-16(20)6-9-17/h4-9,12,15H,10-11H2,1-3H3,(H,21,22). The monoisotopic (exact) mass is 347 g/mol. The minimum Gasteiger partial charge on any atom is -0.492 e. The second kappa shape index (κ2) is 8.60. The van der Waals surface area contributed by atoms with Gasteiger partial charge in [-0.05, 0) is 68.3 Å². The zero-order chi connectivity index (χ0) is 17.5. The summed E-state index contributed by atoms with van der Waals surface area (Å²) in [6.07, 6.45) is -0.567. The quantitative estimate of drug-likeness (QED) is 0.772. The zero-order valence-corrected chi connectivity index (χ0v) is 14.9. The van der Waals surface area contributed by atoms with E-state index in [9.17, 15) is 4.79 Å². The van der Waals surface area contributed by atoms with Gasteiger partial charge in [-0.1, -0.05) is 17.7 Å². The van der Waals surface area contributed by atoms with Crippen LogP contribution in [0.5, 0.6) is 11.5 Å². The van der Waals surface area contributed by atoms with E-state index in [2.05, 4.69) is 5.32 Å². The lowest BCUT2D eigenvalue weighted by Gasteiger charge is -2.15. The summed E-state index contributed by atoms with van der Waals surface area (Å²) in [4.78, 5) is 12.0. The molecule has 0 aliphatic rings. The number of rotatable bonds is 7. The highest BCUT2D eigenvalue weighted by molar-refractivity contribution is 6.30. The normalized spacial score (nSPS) is 11.7. The van der Waals surface area contributed by atoms with E-state index < -0.39 is 6.10 Å². The average Bonchev–Trinajstić information content (AvgIpc) is 2.56. The maximum absolute atomic E-state index is 12.0. The summed E-state index contributed by atoms with van der Waals surface area (Å²) in [5, 5.41) is 3.46. The molecule has 4 nitrogen and oxygen atoms in total. The fraction of sp³-hybridized carbons (Fsp3) is 0.316. The van der Waals surface area contributed by atoms with Crippen molar-refractivity contribution in [3.63, 3.8) is 0 Å². The van der Waals surface area contributed by atoms with E-state index in [1.54, 1.807) is 31.2 Å². The molecular weight excluding hydrogens is 326 g/mol. The van der Waals surface area contributed by atoms with Crippen LogP contribution in [-0.2, 0) is 4.79 Å². The molecule has 1 N–H and O–H groups in total. The molecule has 0 aromatic heterocycles. The van der Waals surface area contributed by atoms with Crippen molar-refractivity contribution in [3.05, 3.63) is 58.6 Å². The van der Waals surface area contributed by atoms with Crippen LogP contribution in [-0.4, -0.2) is 25.2 Å². The Bertz CT molecular complexity index is 686. The van der Waals surface area contributed by atoms with Crippen molar-refractivity contribution >= 4 is 17.5 Å². The Balaban J connectivity index is 1.73. The molecule has 0 saturated heterocycles. The van der Waals surface area contributed by atoms with Gasteiger partial charge in [0.25, 0.3) is 5.91 Å². The smallest absolute Gasteiger partial charge is 0.260 e. The first-order valence-corrected chi connectivity index (χ1v) is 8.23. The summed E-state index contributed by atoms with van der Waals surface area (Å²) < 4.78 is 11.2. The van der Waals surface area contributed by atoms with Gasteiger partial charge in [0.1, 0.15) is 18.1 Å². The van der Waals surface area contributed by atoms with Crippen LogP contribution in [0.1, 0.15) is 18.1 Å². The van der Waals surface area contributed by atoms with Crippen LogP contribution >= 0.6 is 11.6 Å². The molecule has 0 aliphatic heterocycles. The van der Waals surface area contributed by atoms with Gasteiger partial charge in [0.2, 0.25) is 0 Å². The number of benzene rings is 2. The maximum Gasteiger partial charge on any atom is 0.260 e. The average molecular weight is 348 g/mol. The molecule has 1 atom stereocenters. The first-order chi connectivity index (χ1) is 11.5. The Morgan fingerprint density at radius 2 is 1.75 bits per heavy atom. The van der Waals surface area contributed by atoms with Crippen LogP contribution in [0.4, 0.5) is 0 Å². The SMILES string of the molecule is Cc1ccc(OC(C)C(=O)NCCOc2ccc(Cl)cc2)cc1C. The topological polar surface area (TPSA) is 47.6 Å². The molecule has 0 fully saturated rings. The fourth-order valence-corrected chi connectivity index (χ4v) is 2.19. The van der Waals surface area contributed by atoms with Crippen LogP contribution in [0, 0.1) is 13.8 Å². The van der Waals surface area contributed by atoms with Crippen LogP contribution < -0.4 is 14.8 Å². The van der Waals surface area contributed by atoms with Gasteiger partial charge in [-0.3, -0.25) is 4.79 Å². The molecule has 1 amide bonds. The molecule has 0 heterocycles. The second-order valence-corrected chi connectivity index (χ2v) is 6.04. The Hall–Kier alpha value is -2.20. The number of carbonyl (C=O) groups is 1. The van der Waals surface area contributed by atoms with Crippen molar-refractivity contribution in [1.29, 1.82) is 0 Å². The van der Waals surface area contributed by atoms with Crippen LogP contribution in [0.3, 0.4) is 0 Å². The molecular formula is C19H22ClNO3. The Labute approximate surface area is 147 Å². The molecule has 5 heteroatoms. The number of hydrogen-bond donors (Lipinski definition) is 1. The van der Waals surface area contributed by atoms with Crippen LogP contribution in [0.15, 0.2) is 42.5 Å². The Kier molecular flexibility index (Phi) is 6.50. The van der Waals surface area contributed by atoms with Gasteiger partial charge in [0.15, 0.2) is 6.10 Å². The molecule has 0 spiro atoms. The molecule has 2 aromatic rings. The summed E-state index contributed by atoms with van der Waals surface area (Å²) in [6.45, 7) is 6.56. The number of halogens is 1. The van der Waals surface area contributed by atoms with E-state index >= 15 is 0 Å². The predicted molar refractivity (Wildman–Crippen MR) is 96.0 cm³/mol. The van der Waals surface area contributed by atoms with Crippen LogP contribution in [0.2, 0.25) is 5.02 Å². The Morgan fingerprint density at radius 1 is 1.08 bits per heavy atom. The Morgan fingerprint density at radius 3 is 2.42 bits per heavy atom. The number of carbonyl (C=O) groups excluding carboxylic acids is 1. The van der Waals surface area contributed by atoms with Crippen molar-refractivity contribution in [1.82, 2.24) is 5.32 Å². The second-order valence-electron chi connectivity index (χ2n) is 5.60. The molecule has 0 bridgehead atoms. The highest BCUT2D eigenvalue weighted by Crippen LogP contribution is 2.18. The van der Waals surface area contributed by atoms with Crippen molar-refractivity contribution in [2.45, 2.75) is 26.9 Å². The van der Waals surface area contributed by atoms with E-state index in [-0.39, 0.29) is 5.91 Å². The summed E-state index contributed by atoms with van der Waals surface area (Å²) in [5.74, 6) is 1.24.